The third-order valence-electron chi connectivity index (χ3n) is 4.44. The summed E-state index contributed by atoms with van der Waals surface area (Å²) >= 11 is 0. The first-order chi connectivity index (χ1) is 13.3. The zero-order chi connectivity index (χ0) is 20.3. The molecule has 5 nitrogen and oxygen atoms in total. The van der Waals surface area contributed by atoms with Gasteiger partial charge in [-0.05, 0) is 34.7 Å². The van der Waals surface area contributed by atoms with Gasteiger partial charge in [0.25, 0.3) is 5.91 Å². The zero-order valence-corrected chi connectivity index (χ0v) is 16.0. The summed E-state index contributed by atoms with van der Waals surface area (Å²) in [4.78, 5) is 16.4. The van der Waals surface area contributed by atoms with Crippen LogP contribution in [0.2, 0.25) is 0 Å². The molecule has 2 aromatic carbocycles. The lowest BCUT2D eigenvalue weighted by Gasteiger charge is -2.19. The Morgan fingerprint density at radius 2 is 1.93 bits per heavy atom. The van der Waals surface area contributed by atoms with Crippen molar-refractivity contribution >= 4 is 11.7 Å². The van der Waals surface area contributed by atoms with Gasteiger partial charge in [0.05, 0.1) is 6.33 Å². The molecule has 6 heteroatoms. The van der Waals surface area contributed by atoms with Crippen molar-refractivity contribution in [2.75, 3.05) is 5.32 Å². The number of benzene rings is 2. The summed E-state index contributed by atoms with van der Waals surface area (Å²) in [5.41, 5.74) is 2.72. The highest BCUT2D eigenvalue weighted by molar-refractivity contribution is 6.04. The summed E-state index contributed by atoms with van der Waals surface area (Å²) in [6, 6.07) is 15.6. The fourth-order valence-electron chi connectivity index (χ4n) is 2.83. The van der Waals surface area contributed by atoms with Crippen LogP contribution in [-0.4, -0.2) is 15.5 Å². The van der Waals surface area contributed by atoms with Crippen LogP contribution in [0.15, 0.2) is 54.9 Å². The number of imidazole rings is 1. The van der Waals surface area contributed by atoms with Crippen LogP contribution >= 0.6 is 0 Å². The van der Waals surface area contributed by atoms with E-state index in [1.807, 2.05) is 12.1 Å². The monoisotopic (exact) mass is 376 g/mol. The van der Waals surface area contributed by atoms with Gasteiger partial charge in [-0.1, -0.05) is 51.1 Å². The average Bonchev–Trinajstić information content (AvgIpc) is 3.02. The van der Waals surface area contributed by atoms with E-state index in [-0.39, 0.29) is 22.5 Å². The van der Waals surface area contributed by atoms with E-state index in [4.69, 9.17) is 0 Å². The zero-order valence-electron chi connectivity index (χ0n) is 16.0. The van der Waals surface area contributed by atoms with Crippen LogP contribution in [0.3, 0.4) is 0 Å². The van der Waals surface area contributed by atoms with Crippen molar-refractivity contribution in [3.8, 4) is 6.07 Å². The minimum absolute atomic E-state index is 0.0692. The van der Waals surface area contributed by atoms with Crippen LogP contribution in [0.1, 0.15) is 48.0 Å². The number of nitriles is 1. The minimum atomic E-state index is -0.518. The van der Waals surface area contributed by atoms with Gasteiger partial charge < -0.3 is 9.88 Å². The maximum Gasteiger partial charge on any atom is 0.256 e. The molecule has 1 N–H and O–H groups in total. The van der Waals surface area contributed by atoms with Gasteiger partial charge in [-0.15, -0.1) is 0 Å². The lowest BCUT2D eigenvalue weighted by Crippen LogP contribution is -2.14. The first kappa shape index (κ1) is 19.3. The van der Waals surface area contributed by atoms with Crippen LogP contribution in [0.5, 0.6) is 0 Å². The van der Waals surface area contributed by atoms with Crippen molar-refractivity contribution in [1.29, 1.82) is 5.26 Å². The van der Waals surface area contributed by atoms with Crippen LogP contribution in [-0.2, 0) is 12.0 Å². The Labute approximate surface area is 163 Å². The fourth-order valence-corrected chi connectivity index (χ4v) is 2.83. The maximum atomic E-state index is 13.3. The number of anilines is 1. The Hall–Kier alpha value is -3.46. The smallest absolute Gasteiger partial charge is 0.256 e. The van der Waals surface area contributed by atoms with Gasteiger partial charge in [-0.25, -0.2) is 9.37 Å². The van der Waals surface area contributed by atoms with E-state index in [9.17, 15) is 14.4 Å². The van der Waals surface area contributed by atoms with Crippen molar-refractivity contribution in [3.05, 3.63) is 83.1 Å². The SMILES string of the molecule is CC(C)(C)c1ccc(Cn2cnc(NC(=O)c3cccc(F)c3)c2C#N)cc1. The number of amides is 1. The van der Waals surface area contributed by atoms with Crippen molar-refractivity contribution in [2.45, 2.75) is 32.7 Å². The normalized spacial score (nSPS) is 11.1. The molecule has 0 spiro atoms. The van der Waals surface area contributed by atoms with Crippen LogP contribution in [0.4, 0.5) is 10.2 Å². The third kappa shape index (κ3) is 4.26. The molecule has 1 heterocycles. The van der Waals surface area contributed by atoms with E-state index in [1.54, 1.807) is 4.57 Å². The lowest BCUT2D eigenvalue weighted by atomic mass is 9.87. The topological polar surface area (TPSA) is 70.7 Å². The summed E-state index contributed by atoms with van der Waals surface area (Å²) in [5.74, 6) is -0.865. The molecule has 0 aliphatic rings. The number of carbonyl (C=O) groups is 1. The summed E-state index contributed by atoms with van der Waals surface area (Å²) < 4.78 is 15.0. The Kier molecular flexibility index (Phi) is 5.27. The molecule has 1 aromatic heterocycles. The first-order valence-corrected chi connectivity index (χ1v) is 8.89. The van der Waals surface area contributed by atoms with Crippen LogP contribution in [0, 0.1) is 17.1 Å². The Balaban J connectivity index is 1.79. The molecule has 3 rings (SSSR count). The highest BCUT2D eigenvalue weighted by Crippen LogP contribution is 2.23. The van der Waals surface area contributed by atoms with Crippen LogP contribution in [0.25, 0.3) is 0 Å². The van der Waals surface area contributed by atoms with Gasteiger partial charge in [0, 0.05) is 12.1 Å². The molecule has 3 aromatic rings. The van der Waals surface area contributed by atoms with E-state index in [2.05, 4.69) is 49.3 Å². The van der Waals surface area contributed by atoms with Gasteiger partial charge in [0.15, 0.2) is 11.5 Å². The van der Waals surface area contributed by atoms with Crippen molar-refractivity contribution < 1.29 is 9.18 Å². The second-order valence-electron chi connectivity index (χ2n) is 7.59. The van der Waals surface area contributed by atoms with E-state index >= 15 is 0 Å². The Bertz CT molecular complexity index is 1040. The van der Waals surface area contributed by atoms with Gasteiger partial charge >= 0.3 is 0 Å². The average molecular weight is 376 g/mol. The van der Waals surface area contributed by atoms with E-state index < -0.39 is 11.7 Å². The molecule has 0 aliphatic heterocycles. The van der Waals surface area contributed by atoms with Gasteiger partial charge in [-0.3, -0.25) is 4.79 Å². The summed E-state index contributed by atoms with van der Waals surface area (Å²) in [6.07, 6.45) is 1.51. The molecule has 0 bridgehead atoms. The molecule has 1 amide bonds. The number of nitrogens with zero attached hydrogens (tertiary/aromatic N) is 3. The van der Waals surface area contributed by atoms with Crippen LogP contribution < -0.4 is 5.32 Å². The quantitative estimate of drug-likeness (QED) is 0.729. The summed E-state index contributed by atoms with van der Waals surface area (Å²) in [6.45, 7) is 6.91. The molecule has 0 saturated heterocycles. The second-order valence-corrected chi connectivity index (χ2v) is 7.59. The van der Waals surface area contributed by atoms with Gasteiger partial charge in [0.1, 0.15) is 11.9 Å². The number of halogens is 1. The number of hydrogen-bond donors (Lipinski definition) is 1. The molecule has 28 heavy (non-hydrogen) atoms. The highest BCUT2D eigenvalue weighted by Gasteiger charge is 2.16. The third-order valence-corrected chi connectivity index (χ3v) is 4.44. The molecule has 0 radical (unpaired) electrons. The number of carbonyl (C=O) groups excluding carboxylic acids is 1. The van der Waals surface area contributed by atoms with E-state index in [0.29, 0.717) is 6.54 Å². The number of nitrogens with one attached hydrogen (secondary N) is 1. The molecule has 0 saturated carbocycles. The largest absolute Gasteiger partial charge is 0.316 e. The minimum Gasteiger partial charge on any atom is -0.316 e. The van der Waals surface area contributed by atoms with Crippen molar-refractivity contribution in [1.82, 2.24) is 9.55 Å². The number of hydrogen-bond acceptors (Lipinski definition) is 3. The Morgan fingerprint density at radius 3 is 2.54 bits per heavy atom. The molecule has 0 atom stereocenters. The highest BCUT2D eigenvalue weighted by atomic mass is 19.1. The fraction of sp³-hybridized carbons (Fsp3) is 0.227. The molecule has 0 aliphatic carbocycles. The lowest BCUT2D eigenvalue weighted by molar-refractivity contribution is 0.102. The van der Waals surface area contributed by atoms with E-state index in [1.165, 1.54) is 30.1 Å². The standard InChI is InChI=1S/C22H21FN4O/c1-22(2,3)17-9-7-15(8-10-17)13-27-14-25-20(19(27)12-24)26-21(28)16-5-4-6-18(23)11-16/h4-11,14H,13H2,1-3H3,(H,26,28). The van der Waals surface area contributed by atoms with E-state index in [0.717, 1.165) is 11.6 Å². The number of rotatable bonds is 4. The molecule has 142 valence electrons. The number of aromatic nitrogens is 2. The Morgan fingerprint density at radius 1 is 1.21 bits per heavy atom. The van der Waals surface area contributed by atoms with Crippen molar-refractivity contribution in [3.63, 3.8) is 0 Å². The molecule has 0 unspecified atom stereocenters. The predicted octanol–water partition coefficient (Wildman–Crippen LogP) is 4.49. The predicted molar refractivity (Wildman–Crippen MR) is 106 cm³/mol. The summed E-state index contributed by atoms with van der Waals surface area (Å²) in [5, 5.41) is 12.1. The van der Waals surface area contributed by atoms with Crippen molar-refractivity contribution in [2.24, 2.45) is 0 Å². The van der Waals surface area contributed by atoms with Gasteiger partial charge in [-0.2, -0.15) is 5.26 Å². The second kappa shape index (κ2) is 7.65. The molecular formula is C22H21FN4O. The molecular weight excluding hydrogens is 355 g/mol. The summed E-state index contributed by atoms with van der Waals surface area (Å²) in [7, 11) is 0. The first-order valence-electron chi connectivity index (χ1n) is 8.89. The molecule has 0 fully saturated rings. The maximum absolute atomic E-state index is 13.3. The van der Waals surface area contributed by atoms with Gasteiger partial charge in [0.2, 0.25) is 0 Å².